The second kappa shape index (κ2) is 11.2. The van der Waals surface area contributed by atoms with Gasteiger partial charge in [0.05, 0.1) is 13.7 Å². The fourth-order valence-corrected chi connectivity index (χ4v) is 4.79. The van der Waals surface area contributed by atoms with E-state index in [1.54, 1.807) is 0 Å². The molecule has 0 fully saturated rings. The number of carbonyl (C=O) groups excluding carboxylic acids is 2. The number of thiophene rings is 1. The van der Waals surface area contributed by atoms with Gasteiger partial charge in [-0.25, -0.2) is 4.79 Å². The van der Waals surface area contributed by atoms with Crippen LogP contribution < -0.4 is 14.8 Å². The third-order valence-corrected chi connectivity index (χ3v) is 6.35. The van der Waals surface area contributed by atoms with E-state index in [0.717, 1.165) is 32.9 Å². The van der Waals surface area contributed by atoms with Gasteiger partial charge in [-0.2, -0.15) is 0 Å². The van der Waals surface area contributed by atoms with Gasteiger partial charge in [0.15, 0.2) is 6.61 Å². The summed E-state index contributed by atoms with van der Waals surface area (Å²) in [7, 11) is 1.33. The fraction of sp³-hybridized carbons (Fsp3) is 0.333. The molecular weight excluding hydrogens is 450 g/mol. The third kappa shape index (κ3) is 5.78. The van der Waals surface area contributed by atoms with Crippen LogP contribution in [-0.2, 0) is 9.53 Å². The highest BCUT2D eigenvalue weighted by Gasteiger charge is 2.25. The van der Waals surface area contributed by atoms with Gasteiger partial charge in [-0.1, -0.05) is 38.1 Å². The van der Waals surface area contributed by atoms with Gasteiger partial charge in [-0.15, -0.1) is 11.3 Å². The van der Waals surface area contributed by atoms with Crippen molar-refractivity contribution in [3.05, 3.63) is 64.0 Å². The first kappa shape index (κ1) is 25.3. The van der Waals surface area contributed by atoms with Crippen molar-refractivity contribution in [2.45, 2.75) is 40.5 Å². The fourth-order valence-electron chi connectivity index (χ4n) is 3.71. The van der Waals surface area contributed by atoms with Crippen LogP contribution in [0.15, 0.2) is 42.5 Å². The van der Waals surface area contributed by atoms with E-state index in [9.17, 15) is 9.59 Å². The lowest BCUT2D eigenvalue weighted by Crippen LogP contribution is -2.21. The lowest BCUT2D eigenvalue weighted by molar-refractivity contribution is -0.118. The molecule has 7 heteroatoms. The van der Waals surface area contributed by atoms with E-state index in [-0.39, 0.29) is 18.4 Å². The molecule has 180 valence electrons. The second-order valence-corrected chi connectivity index (χ2v) is 9.44. The molecule has 1 heterocycles. The van der Waals surface area contributed by atoms with Crippen molar-refractivity contribution in [3.63, 3.8) is 0 Å². The van der Waals surface area contributed by atoms with Gasteiger partial charge in [0.25, 0.3) is 5.91 Å². The zero-order valence-corrected chi connectivity index (χ0v) is 21.3. The van der Waals surface area contributed by atoms with Crippen molar-refractivity contribution in [2.24, 2.45) is 0 Å². The van der Waals surface area contributed by atoms with Gasteiger partial charge in [-0.3, -0.25) is 4.79 Å². The number of hydrogen-bond acceptors (Lipinski definition) is 6. The molecule has 0 aliphatic carbocycles. The molecule has 1 N–H and O–H groups in total. The Bertz CT molecular complexity index is 1160. The summed E-state index contributed by atoms with van der Waals surface area (Å²) in [6, 6.07) is 13.5. The Labute approximate surface area is 204 Å². The van der Waals surface area contributed by atoms with E-state index in [1.807, 2.05) is 63.2 Å². The predicted octanol–water partition coefficient (Wildman–Crippen LogP) is 6.36. The first-order chi connectivity index (χ1) is 16.2. The number of ether oxygens (including phenoxy) is 3. The maximum atomic E-state index is 12.8. The SMILES string of the molecule is CCOc1ccc(-c2c(C)sc(NC(=O)COc3cc(C)ccc3C(C)C)c2C(=O)OC)cc1. The van der Waals surface area contributed by atoms with Crippen LogP contribution in [0.3, 0.4) is 0 Å². The number of methoxy groups -OCH3 is 1. The summed E-state index contributed by atoms with van der Waals surface area (Å²) < 4.78 is 16.4. The molecular formula is C27H31NO5S. The maximum Gasteiger partial charge on any atom is 0.341 e. The van der Waals surface area contributed by atoms with Crippen molar-refractivity contribution in [2.75, 3.05) is 25.6 Å². The standard InChI is InChI=1S/C27H31NO5S/c1-7-32-20-11-9-19(10-12-20)24-18(5)34-26(25(24)27(30)31-6)28-23(29)15-33-22-14-17(4)8-13-21(22)16(2)3/h8-14,16H,7,15H2,1-6H3,(H,28,29). The maximum absolute atomic E-state index is 12.8. The highest BCUT2D eigenvalue weighted by atomic mass is 32.1. The average Bonchev–Trinajstić information content (AvgIpc) is 3.13. The van der Waals surface area contributed by atoms with E-state index in [0.29, 0.717) is 22.9 Å². The normalized spacial score (nSPS) is 10.8. The van der Waals surface area contributed by atoms with E-state index >= 15 is 0 Å². The van der Waals surface area contributed by atoms with E-state index in [2.05, 4.69) is 19.2 Å². The van der Waals surface area contributed by atoms with Crippen molar-refractivity contribution in [1.29, 1.82) is 0 Å². The Balaban J connectivity index is 1.85. The Kier molecular flexibility index (Phi) is 8.34. The highest BCUT2D eigenvalue weighted by Crippen LogP contribution is 2.41. The van der Waals surface area contributed by atoms with Crippen LogP contribution >= 0.6 is 11.3 Å². The summed E-state index contributed by atoms with van der Waals surface area (Å²) in [6.07, 6.45) is 0. The molecule has 0 unspecified atom stereocenters. The van der Waals surface area contributed by atoms with E-state index in [4.69, 9.17) is 14.2 Å². The average molecular weight is 482 g/mol. The molecule has 0 atom stereocenters. The number of benzene rings is 2. The van der Waals surface area contributed by atoms with Gasteiger partial charge in [0, 0.05) is 10.4 Å². The van der Waals surface area contributed by atoms with E-state index < -0.39 is 5.97 Å². The minimum atomic E-state index is -0.509. The van der Waals surface area contributed by atoms with Crippen LogP contribution in [0.2, 0.25) is 0 Å². The molecule has 0 aliphatic rings. The second-order valence-electron chi connectivity index (χ2n) is 8.22. The largest absolute Gasteiger partial charge is 0.494 e. The molecule has 0 saturated carbocycles. The first-order valence-electron chi connectivity index (χ1n) is 11.2. The molecule has 2 aromatic carbocycles. The topological polar surface area (TPSA) is 73.9 Å². The van der Waals surface area contributed by atoms with Gasteiger partial charge >= 0.3 is 5.97 Å². The number of esters is 1. The minimum Gasteiger partial charge on any atom is -0.494 e. The molecule has 0 saturated heterocycles. The number of aryl methyl sites for hydroxylation is 2. The lowest BCUT2D eigenvalue weighted by atomic mass is 10.0. The zero-order chi connectivity index (χ0) is 24.8. The molecule has 1 amide bonds. The van der Waals surface area contributed by atoms with Gasteiger partial charge < -0.3 is 19.5 Å². The minimum absolute atomic E-state index is 0.168. The molecule has 1 aromatic heterocycles. The molecule has 3 aromatic rings. The predicted molar refractivity (Wildman–Crippen MR) is 136 cm³/mol. The third-order valence-electron chi connectivity index (χ3n) is 5.33. The smallest absolute Gasteiger partial charge is 0.341 e. The Morgan fingerprint density at radius 3 is 2.35 bits per heavy atom. The Morgan fingerprint density at radius 1 is 1.03 bits per heavy atom. The van der Waals surface area contributed by atoms with Crippen molar-refractivity contribution in [1.82, 2.24) is 0 Å². The number of anilines is 1. The Hall–Kier alpha value is -3.32. The number of carbonyl (C=O) groups is 2. The van der Waals surface area contributed by atoms with Crippen LogP contribution in [0.4, 0.5) is 5.00 Å². The molecule has 0 spiro atoms. The van der Waals surface area contributed by atoms with Crippen LogP contribution in [-0.4, -0.2) is 32.2 Å². The zero-order valence-electron chi connectivity index (χ0n) is 20.5. The summed E-state index contributed by atoms with van der Waals surface area (Å²) in [4.78, 5) is 26.4. The summed E-state index contributed by atoms with van der Waals surface area (Å²) in [5.74, 6) is 0.851. The van der Waals surface area contributed by atoms with Gasteiger partial charge in [0.1, 0.15) is 22.1 Å². The monoisotopic (exact) mass is 481 g/mol. The number of rotatable bonds is 9. The van der Waals surface area contributed by atoms with Crippen LogP contribution in [0, 0.1) is 13.8 Å². The molecule has 3 rings (SSSR count). The Morgan fingerprint density at radius 2 is 1.74 bits per heavy atom. The summed E-state index contributed by atoms with van der Waals surface area (Å²) >= 11 is 1.33. The molecule has 0 bridgehead atoms. The number of hydrogen-bond donors (Lipinski definition) is 1. The van der Waals surface area contributed by atoms with Gasteiger partial charge in [-0.05, 0) is 61.6 Å². The van der Waals surface area contributed by atoms with Crippen molar-refractivity contribution < 1.29 is 23.8 Å². The number of amides is 1. The summed E-state index contributed by atoms with van der Waals surface area (Å²) in [6.45, 7) is 10.4. The van der Waals surface area contributed by atoms with Crippen molar-refractivity contribution >= 4 is 28.2 Å². The van der Waals surface area contributed by atoms with E-state index in [1.165, 1.54) is 18.4 Å². The van der Waals surface area contributed by atoms with Crippen molar-refractivity contribution in [3.8, 4) is 22.6 Å². The quantitative estimate of drug-likeness (QED) is 0.360. The number of nitrogens with one attached hydrogen (secondary N) is 1. The molecule has 6 nitrogen and oxygen atoms in total. The lowest BCUT2D eigenvalue weighted by Gasteiger charge is -2.15. The molecule has 34 heavy (non-hydrogen) atoms. The van der Waals surface area contributed by atoms with Crippen LogP contribution in [0.25, 0.3) is 11.1 Å². The summed E-state index contributed by atoms with van der Waals surface area (Å²) in [5, 5.41) is 3.29. The molecule has 0 aliphatic heterocycles. The highest BCUT2D eigenvalue weighted by molar-refractivity contribution is 7.17. The molecule has 0 radical (unpaired) electrons. The first-order valence-corrected chi connectivity index (χ1v) is 12.0. The van der Waals surface area contributed by atoms with Crippen LogP contribution in [0.1, 0.15) is 53.1 Å². The van der Waals surface area contributed by atoms with Gasteiger partial charge in [0.2, 0.25) is 0 Å². The summed E-state index contributed by atoms with van der Waals surface area (Å²) in [5.41, 5.74) is 4.01. The van der Waals surface area contributed by atoms with Crippen LogP contribution in [0.5, 0.6) is 11.5 Å².